The molecule has 0 atom stereocenters. The van der Waals surface area contributed by atoms with Gasteiger partial charge in [0.25, 0.3) is 15.9 Å². The van der Waals surface area contributed by atoms with Crippen LogP contribution in [0.15, 0.2) is 71.6 Å². The van der Waals surface area contributed by atoms with Crippen LogP contribution in [0.1, 0.15) is 21.5 Å². The lowest BCUT2D eigenvalue weighted by Gasteiger charge is -2.22. The number of amides is 1. The molecule has 0 saturated carbocycles. The zero-order chi connectivity index (χ0) is 25.4. The summed E-state index contributed by atoms with van der Waals surface area (Å²) in [5.74, 6) is -0.205. The minimum absolute atomic E-state index is 0.172. The third-order valence-electron chi connectivity index (χ3n) is 6.39. The molecule has 3 aromatic carbocycles. The fourth-order valence-electron chi connectivity index (χ4n) is 4.38. The highest BCUT2D eigenvalue weighted by Crippen LogP contribution is 2.34. The summed E-state index contributed by atoms with van der Waals surface area (Å²) in [6.45, 7) is 3.56. The summed E-state index contributed by atoms with van der Waals surface area (Å²) in [5.41, 5.74) is 4.13. The van der Waals surface area contributed by atoms with Gasteiger partial charge in [0.05, 0.1) is 20.8 Å². The molecule has 1 aromatic heterocycles. The summed E-state index contributed by atoms with van der Waals surface area (Å²) in [4.78, 5) is 22.3. The van der Waals surface area contributed by atoms with E-state index in [9.17, 15) is 13.2 Å². The Balaban J connectivity index is 1.44. The quantitative estimate of drug-likeness (QED) is 0.357. The van der Waals surface area contributed by atoms with Crippen LogP contribution in [0.2, 0.25) is 0 Å². The van der Waals surface area contributed by atoms with Crippen LogP contribution in [0.25, 0.3) is 10.2 Å². The lowest BCUT2D eigenvalue weighted by Crippen LogP contribution is -2.36. The fraction of sp³-hybridized carbons (Fsp3) is 0.259. The Morgan fingerprint density at radius 3 is 2.47 bits per heavy atom. The molecule has 0 fully saturated rings. The van der Waals surface area contributed by atoms with Crippen LogP contribution in [0, 0.1) is 6.92 Å². The number of para-hydroxylation sites is 2. The highest BCUT2D eigenvalue weighted by molar-refractivity contribution is 7.92. The number of carbonyl (C=O) groups excluding carboxylic acids is 1. The largest absolute Gasteiger partial charge is 0.308 e. The molecule has 0 N–H and O–H groups in total. The second-order valence-electron chi connectivity index (χ2n) is 9.16. The fourth-order valence-corrected chi connectivity index (χ4v) is 6.96. The molecule has 1 amide bonds. The molecule has 0 radical (unpaired) electrons. The molecule has 0 bridgehead atoms. The number of aromatic nitrogens is 1. The van der Waals surface area contributed by atoms with Gasteiger partial charge < -0.3 is 4.90 Å². The predicted molar refractivity (Wildman–Crippen MR) is 146 cm³/mol. The predicted octanol–water partition coefficient (Wildman–Crippen LogP) is 4.56. The van der Waals surface area contributed by atoms with Gasteiger partial charge in [-0.15, -0.1) is 0 Å². The Morgan fingerprint density at radius 1 is 1.00 bits per heavy atom. The Kier molecular flexibility index (Phi) is 6.55. The number of hydrogen-bond donors (Lipinski definition) is 0. The maximum absolute atomic E-state index is 13.6. The Bertz CT molecular complexity index is 1530. The summed E-state index contributed by atoms with van der Waals surface area (Å²) in [7, 11) is 0.200. The normalized spacial score (nSPS) is 13.4. The monoisotopic (exact) mass is 520 g/mol. The number of aryl methyl sites for hydroxylation is 1. The standard InChI is InChI=1S/C27H28N4O3S2/c1-19-7-6-10-24-25(19)28-27(35-24)30(18-17-29(2)3)26(32)21-11-13-22(14-12-21)36(33,34)31-16-15-20-8-4-5-9-23(20)31/h4-14H,15-18H2,1-3H3. The highest BCUT2D eigenvalue weighted by Gasteiger charge is 2.31. The summed E-state index contributed by atoms with van der Waals surface area (Å²) in [6.07, 6.45) is 0.689. The number of benzene rings is 3. The Morgan fingerprint density at radius 2 is 1.75 bits per heavy atom. The number of hydrogen-bond acceptors (Lipinski definition) is 6. The van der Waals surface area contributed by atoms with Crippen molar-refractivity contribution in [1.29, 1.82) is 0 Å². The van der Waals surface area contributed by atoms with E-state index in [2.05, 4.69) is 0 Å². The summed E-state index contributed by atoms with van der Waals surface area (Å²) < 4.78 is 29.2. The van der Waals surface area contributed by atoms with Gasteiger partial charge in [-0.3, -0.25) is 14.0 Å². The van der Waals surface area contributed by atoms with Gasteiger partial charge in [0.15, 0.2) is 5.13 Å². The Hall–Kier alpha value is -3.27. The molecule has 1 aliphatic heterocycles. The van der Waals surface area contributed by atoms with Gasteiger partial charge in [-0.1, -0.05) is 41.7 Å². The van der Waals surface area contributed by atoms with Crippen LogP contribution < -0.4 is 9.21 Å². The first-order valence-electron chi connectivity index (χ1n) is 11.8. The zero-order valence-corrected chi connectivity index (χ0v) is 22.1. The average Bonchev–Trinajstić information content (AvgIpc) is 3.50. The highest BCUT2D eigenvalue weighted by atomic mass is 32.2. The number of nitrogens with zero attached hydrogens (tertiary/aromatic N) is 4. The molecule has 5 rings (SSSR count). The van der Waals surface area contributed by atoms with Crippen molar-refractivity contribution in [3.63, 3.8) is 0 Å². The van der Waals surface area contributed by atoms with Gasteiger partial charge in [-0.05, 0) is 75.0 Å². The molecule has 7 nitrogen and oxygen atoms in total. The van der Waals surface area contributed by atoms with Crippen molar-refractivity contribution in [1.82, 2.24) is 9.88 Å². The van der Waals surface area contributed by atoms with Crippen LogP contribution in [0.4, 0.5) is 10.8 Å². The van der Waals surface area contributed by atoms with E-state index in [4.69, 9.17) is 4.98 Å². The molecule has 186 valence electrons. The van der Waals surface area contributed by atoms with E-state index in [1.807, 2.05) is 68.4 Å². The number of carbonyl (C=O) groups is 1. The molecule has 36 heavy (non-hydrogen) atoms. The van der Waals surface area contributed by atoms with Crippen LogP contribution in [-0.4, -0.2) is 57.9 Å². The van der Waals surface area contributed by atoms with E-state index in [-0.39, 0.29) is 10.8 Å². The molecule has 1 aliphatic rings. The number of rotatable bonds is 7. The molecule has 0 spiro atoms. The topological polar surface area (TPSA) is 73.8 Å². The summed E-state index contributed by atoms with van der Waals surface area (Å²) >= 11 is 1.48. The molecule has 0 saturated heterocycles. The lowest BCUT2D eigenvalue weighted by atomic mass is 10.2. The second kappa shape index (κ2) is 9.65. The third kappa shape index (κ3) is 4.50. The molecule has 0 unspecified atom stereocenters. The maximum atomic E-state index is 13.6. The van der Waals surface area contributed by atoms with Gasteiger partial charge in [-0.25, -0.2) is 13.4 Å². The van der Waals surface area contributed by atoms with Crippen molar-refractivity contribution in [3.8, 4) is 0 Å². The number of likely N-dealkylation sites (N-methyl/N-ethyl adjacent to an activating group) is 1. The van der Waals surface area contributed by atoms with Gasteiger partial charge in [-0.2, -0.15) is 0 Å². The smallest absolute Gasteiger partial charge is 0.264 e. The van der Waals surface area contributed by atoms with E-state index >= 15 is 0 Å². The van der Waals surface area contributed by atoms with E-state index in [1.165, 1.54) is 27.8 Å². The van der Waals surface area contributed by atoms with E-state index in [0.717, 1.165) is 27.0 Å². The van der Waals surface area contributed by atoms with Crippen molar-refractivity contribution in [2.24, 2.45) is 0 Å². The number of sulfonamides is 1. The number of anilines is 2. The maximum Gasteiger partial charge on any atom is 0.264 e. The van der Waals surface area contributed by atoms with E-state index < -0.39 is 10.0 Å². The summed E-state index contributed by atoms with van der Waals surface area (Å²) in [6, 6.07) is 19.8. The number of thiazole rings is 1. The van der Waals surface area contributed by atoms with Crippen LogP contribution in [0.3, 0.4) is 0 Å². The van der Waals surface area contributed by atoms with E-state index in [1.54, 1.807) is 17.0 Å². The van der Waals surface area contributed by atoms with Crippen LogP contribution >= 0.6 is 11.3 Å². The van der Waals surface area contributed by atoms with Crippen molar-refractivity contribution in [2.75, 3.05) is 42.9 Å². The summed E-state index contributed by atoms with van der Waals surface area (Å²) in [5, 5.41) is 0.636. The first kappa shape index (κ1) is 24.4. The first-order chi connectivity index (χ1) is 17.3. The van der Waals surface area contributed by atoms with Gasteiger partial charge in [0, 0.05) is 25.2 Å². The SMILES string of the molecule is Cc1cccc2sc(N(CCN(C)C)C(=O)c3ccc(S(=O)(=O)N4CCc5ccccc54)cc3)nc12. The van der Waals surface area contributed by atoms with Gasteiger partial charge in [0.1, 0.15) is 0 Å². The van der Waals surface area contributed by atoms with Crippen molar-refractivity contribution >= 4 is 48.3 Å². The van der Waals surface area contributed by atoms with Gasteiger partial charge in [0.2, 0.25) is 0 Å². The minimum atomic E-state index is -3.72. The number of fused-ring (bicyclic) bond motifs is 2. The van der Waals surface area contributed by atoms with Crippen molar-refractivity contribution < 1.29 is 13.2 Å². The van der Waals surface area contributed by atoms with Gasteiger partial charge >= 0.3 is 0 Å². The van der Waals surface area contributed by atoms with Crippen LogP contribution in [-0.2, 0) is 16.4 Å². The molecule has 4 aromatic rings. The van der Waals surface area contributed by atoms with E-state index in [0.29, 0.717) is 36.8 Å². The average molecular weight is 521 g/mol. The molecular weight excluding hydrogens is 492 g/mol. The third-order valence-corrected chi connectivity index (χ3v) is 9.26. The minimum Gasteiger partial charge on any atom is -0.308 e. The molecular formula is C27H28N4O3S2. The Labute approximate surface area is 215 Å². The first-order valence-corrected chi connectivity index (χ1v) is 14.0. The second-order valence-corrected chi connectivity index (χ2v) is 12.0. The van der Waals surface area contributed by atoms with Crippen molar-refractivity contribution in [3.05, 3.63) is 83.4 Å². The van der Waals surface area contributed by atoms with Crippen molar-refractivity contribution in [2.45, 2.75) is 18.2 Å². The molecule has 0 aliphatic carbocycles. The molecule has 9 heteroatoms. The van der Waals surface area contributed by atoms with Crippen LogP contribution in [0.5, 0.6) is 0 Å². The zero-order valence-electron chi connectivity index (χ0n) is 20.5. The lowest BCUT2D eigenvalue weighted by molar-refractivity contribution is 0.0985. The molecule has 2 heterocycles.